The first-order valence-corrected chi connectivity index (χ1v) is 7.89. The number of anilines is 1. The van der Waals surface area contributed by atoms with E-state index in [2.05, 4.69) is 10.3 Å². The first kappa shape index (κ1) is 17.7. The van der Waals surface area contributed by atoms with E-state index in [9.17, 15) is 9.59 Å². The smallest absolute Gasteiger partial charge is 0.338 e. The van der Waals surface area contributed by atoms with E-state index in [1.54, 1.807) is 30.6 Å². The summed E-state index contributed by atoms with van der Waals surface area (Å²) in [5.74, 6) is 0.249. The minimum Gasteiger partial charge on any atom is -0.456 e. The minimum absolute atomic E-state index is 0.181. The van der Waals surface area contributed by atoms with Crippen LogP contribution in [0.4, 0.5) is 5.69 Å². The maximum Gasteiger partial charge on any atom is 0.338 e. The van der Waals surface area contributed by atoms with Crippen molar-refractivity contribution in [1.82, 2.24) is 9.55 Å². The molecular weight excluding hydrogens is 306 g/mol. The average molecular weight is 329 g/mol. The molecule has 0 aliphatic heterocycles. The summed E-state index contributed by atoms with van der Waals surface area (Å²) in [6.45, 7) is 8.91. The van der Waals surface area contributed by atoms with E-state index in [-0.39, 0.29) is 5.91 Å². The van der Waals surface area contributed by atoms with Crippen molar-refractivity contribution < 1.29 is 14.3 Å². The number of nitrogens with zero attached hydrogens (tertiary/aromatic N) is 2. The van der Waals surface area contributed by atoms with E-state index in [0.29, 0.717) is 16.9 Å². The first-order chi connectivity index (χ1) is 11.2. The van der Waals surface area contributed by atoms with Gasteiger partial charge in [-0.2, -0.15) is 0 Å². The topological polar surface area (TPSA) is 73.2 Å². The van der Waals surface area contributed by atoms with Gasteiger partial charge in [0.2, 0.25) is 5.91 Å². The summed E-state index contributed by atoms with van der Waals surface area (Å²) in [6, 6.07) is 5.06. The Bertz CT molecular complexity index is 757. The molecule has 0 unspecified atom stereocenters. The number of carbonyl (C=O) groups is 2. The fourth-order valence-corrected chi connectivity index (χ4v) is 2.31. The van der Waals surface area contributed by atoms with Crippen molar-refractivity contribution in [3.8, 4) is 5.69 Å². The van der Waals surface area contributed by atoms with E-state index in [4.69, 9.17) is 4.74 Å². The van der Waals surface area contributed by atoms with Gasteiger partial charge in [0.1, 0.15) is 11.4 Å². The Morgan fingerprint density at radius 3 is 2.58 bits per heavy atom. The fourth-order valence-electron chi connectivity index (χ4n) is 2.31. The predicted molar refractivity (Wildman–Crippen MR) is 92.4 cm³/mol. The quantitative estimate of drug-likeness (QED) is 0.873. The zero-order chi connectivity index (χ0) is 17.9. The van der Waals surface area contributed by atoms with Crippen LogP contribution >= 0.6 is 0 Å². The molecular formula is C18H23N3O3. The predicted octanol–water partition coefficient (Wildman–Crippen LogP) is 3.35. The number of amides is 1. The molecule has 6 nitrogen and oxygen atoms in total. The summed E-state index contributed by atoms with van der Waals surface area (Å²) < 4.78 is 7.28. The Labute approximate surface area is 141 Å². The molecule has 1 aromatic heterocycles. The third kappa shape index (κ3) is 4.22. The molecule has 1 aromatic carbocycles. The average Bonchev–Trinajstić information content (AvgIpc) is 2.93. The number of nitrogens with one attached hydrogen (secondary N) is 1. The van der Waals surface area contributed by atoms with E-state index < -0.39 is 11.6 Å². The summed E-state index contributed by atoms with van der Waals surface area (Å²) in [7, 11) is 0. The van der Waals surface area contributed by atoms with Crippen LogP contribution in [-0.4, -0.2) is 27.0 Å². The molecule has 0 saturated heterocycles. The summed E-state index contributed by atoms with van der Waals surface area (Å²) in [5, 5.41) is 2.79. The zero-order valence-electron chi connectivity index (χ0n) is 14.7. The molecule has 0 aliphatic carbocycles. The number of hydrogen-bond donors (Lipinski definition) is 1. The van der Waals surface area contributed by atoms with Crippen LogP contribution in [0.3, 0.4) is 0 Å². The Morgan fingerprint density at radius 2 is 2.00 bits per heavy atom. The molecule has 2 rings (SSSR count). The van der Waals surface area contributed by atoms with Crippen LogP contribution in [0.1, 0.15) is 50.8 Å². The fraction of sp³-hybridized carbons (Fsp3) is 0.389. The Kier molecular flexibility index (Phi) is 5.07. The van der Waals surface area contributed by atoms with E-state index >= 15 is 0 Å². The summed E-state index contributed by atoms with van der Waals surface area (Å²) in [5.41, 5.74) is 1.15. The molecule has 0 saturated carbocycles. The number of esters is 1. The number of hydrogen-bond acceptors (Lipinski definition) is 4. The minimum atomic E-state index is -0.572. The maximum absolute atomic E-state index is 12.3. The van der Waals surface area contributed by atoms with Crippen LogP contribution < -0.4 is 5.32 Å². The third-order valence-corrected chi connectivity index (χ3v) is 3.24. The zero-order valence-corrected chi connectivity index (χ0v) is 14.7. The Balaban J connectivity index is 2.50. The molecule has 1 amide bonds. The van der Waals surface area contributed by atoms with Crippen molar-refractivity contribution in [1.29, 1.82) is 0 Å². The molecule has 0 aliphatic rings. The molecule has 128 valence electrons. The SMILES string of the molecule is CCc1nccn1-c1cc(C(=O)OC(C)(C)C)ccc1NC(C)=O. The van der Waals surface area contributed by atoms with Gasteiger partial charge in [0.25, 0.3) is 0 Å². The van der Waals surface area contributed by atoms with Gasteiger partial charge < -0.3 is 14.6 Å². The number of aryl methyl sites for hydroxylation is 1. The summed E-state index contributed by atoms with van der Waals surface area (Å²) in [4.78, 5) is 28.1. The molecule has 24 heavy (non-hydrogen) atoms. The third-order valence-electron chi connectivity index (χ3n) is 3.24. The number of imidazole rings is 1. The van der Waals surface area contributed by atoms with E-state index in [1.165, 1.54) is 6.92 Å². The van der Waals surface area contributed by atoms with Crippen molar-refractivity contribution in [2.24, 2.45) is 0 Å². The second-order valence-corrected chi connectivity index (χ2v) is 6.48. The maximum atomic E-state index is 12.3. The highest BCUT2D eigenvalue weighted by atomic mass is 16.6. The number of rotatable bonds is 4. The number of benzene rings is 1. The first-order valence-electron chi connectivity index (χ1n) is 7.89. The normalized spacial score (nSPS) is 11.2. The molecule has 1 heterocycles. The summed E-state index contributed by atoms with van der Waals surface area (Å²) in [6.07, 6.45) is 4.22. The number of carbonyl (C=O) groups excluding carboxylic acids is 2. The van der Waals surface area contributed by atoms with Gasteiger partial charge in [0, 0.05) is 25.7 Å². The van der Waals surface area contributed by atoms with Crippen molar-refractivity contribution >= 4 is 17.6 Å². The largest absolute Gasteiger partial charge is 0.456 e. The van der Waals surface area contributed by atoms with Crippen molar-refractivity contribution in [3.05, 3.63) is 42.0 Å². The lowest BCUT2D eigenvalue weighted by molar-refractivity contribution is -0.114. The second kappa shape index (κ2) is 6.86. The molecule has 0 bridgehead atoms. The van der Waals surface area contributed by atoms with Gasteiger partial charge in [-0.1, -0.05) is 6.92 Å². The van der Waals surface area contributed by atoms with Crippen LogP contribution in [0.15, 0.2) is 30.6 Å². The lowest BCUT2D eigenvalue weighted by Gasteiger charge is -2.20. The van der Waals surface area contributed by atoms with Crippen molar-refractivity contribution in [2.75, 3.05) is 5.32 Å². The van der Waals surface area contributed by atoms with Crippen LogP contribution in [0.25, 0.3) is 5.69 Å². The highest BCUT2D eigenvalue weighted by Crippen LogP contribution is 2.25. The standard InChI is InChI=1S/C18H23N3O3/c1-6-16-19-9-10-21(16)15-11-13(17(23)24-18(3,4)5)7-8-14(15)20-12(2)22/h7-11H,6H2,1-5H3,(H,20,22). The molecule has 0 spiro atoms. The van der Waals surface area contributed by atoms with Gasteiger partial charge in [0.15, 0.2) is 0 Å². The van der Waals surface area contributed by atoms with Crippen LogP contribution in [0.2, 0.25) is 0 Å². The molecule has 6 heteroatoms. The van der Waals surface area contributed by atoms with Gasteiger partial charge >= 0.3 is 5.97 Å². The monoisotopic (exact) mass is 329 g/mol. The van der Waals surface area contributed by atoms with E-state index in [1.807, 2.05) is 32.3 Å². The lowest BCUT2D eigenvalue weighted by Crippen LogP contribution is -2.24. The second-order valence-electron chi connectivity index (χ2n) is 6.48. The van der Waals surface area contributed by atoms with Crippen LogP contribution in [0, 0.1) is 0 Å². The Morgan fingerprint density at radius 1 is 1.29 bits per heavy atom. The Hall–Kier alpha value is -2.63. The van der Waals surface area contributed by atoms with Gasteiger partial charge in [-0.15, -0.1) is 0 Å². The highest BCUT2D eigenvalue weighted by molar-refractivity contribution is 5.95. The van der Waals surface area contributed by atoms with E-state index in [0.717, 1.165) is 12.2 Å². The lowest BCUT2D eigenvalue weighted by atomic mass is 10.1. The molecule has 1 N–H and O–H groups in total. The van der Waals surface area contributed by atoms with Gasteiger partial charge in [-0.05, 0) is 39.0 Å². The summed E-state index contributed by atoms with van der Waals surface area (Å²) >= 11 is 0. The van der Waals surface area contributed by atoms with Crippen LogP contribution in [0.5, 0.6) is 0 Å². The van der Waals surface area contributed by atoms with Crippen LogP contribution in [-0.2, 0) is 16.0 Å². The number of aromatic nitrogens is 2. The van der Waals surface area contributed by atoms with Crippen molar-refractivity contribution in [3.63, 3.8) is 0 Å². The molecule has 2 aromatic rings. The molecule has 0 atom stereocenters. The van der Waals surface area contributed by atoms with Crippen molar-refractivity contribution in [2.45, 2.75) is 46.6 Å². The van der Waals surface area contributed by atoms with Gasteiger partial charge in [-0.3, -0.25) is 4.79 Å². The number of ether oxygens (including phenoxy) is 1. The van der Waals surface area contributed by atoms with Gasteiger partial charge in [-0.25, -0.2) is 9.78 Å². The molecule has 0 radical (unpaired) electrons. The van der Waals surface area contributed by atoms with Gasteiger partial charge in [0.05, 0.1) is 16.9 Å². The molecule has 0 fully saturated rings. The highest BCUT2D eigenvalue weighted by Gasteiger charge is 2.20.